The lowest BCUT2D eigenvalue weighted by Crippen LogP contribution is -2.36. The van der Waals surface area contributed by atoms with Crippen LogP contribution in [-0.2, 0) is 0 Å². The Morgan fingerprint density at radius 1 is 1.15 bits per heavy atom. The van der Waals surface area contributed by atoms with Crippen LogP contribution < -0.4 is 0 Å². The van der Waals surface area contributed by atoms with Crippen LogP contribution in [0.3, 0.4) is 0 Å². The summed E-state index contributed by atoms with van der Waals surface area (Å²) in [5.41, 5.74) is 3.28. The van der Waals surface area contributed by atoms with Crippen molar-refractivity contribution in [3.05, 3.63) is 34.9 Å². The van der Waals surface area contributed by atoms with E-state index in [-0.39, 0.29) is 5.78 Å². The number of unbranched alkanes of at least 4 members (excludes halogenated alkanes) is 2. The molecular weight excluding hydrogens is 246 g/mol. The van der Waals surface area contributed by atoms with E-state index in [0.29, 0.717) is 12.6 Å². The van der Waals surface area contributed by atoms with Crippen LogP contribution in [0.4, 0.5) is 0 Å². The summed E-state index contributed by atoms with van der Waals surface area (Å²) in [6.45, 7) is 12.2. The molecule has 0 aliphatic rings. The Morgan fingerprint density at radius 2 is 1.85 bits per heavy atom. The molecule has 0 heterocycles. The molecule has 0 N–H and O–H groups in total. The number of carbonyl (C=O) groups is 1. The molecule has 0 fully saturated rings. The van der Waals surface area contributed by atoms with Gasteiger partial charge in [-0.15, -0.1) is 0 Å². The standard InChI is InChI=1S/C18H29NO/c1-6-7-8-11-19(14(2)3)13-18(20)17-10-9-15(4)16(5)12-17/h9-10,12,14H,6-8,11,13H2,1-5H3. The lowest BCUT2D eigenvalue weighted by atomic mass is 10.0. The van der Waals surface area contributed by atoms with Gasteiger partial charge in [0.25, 0.3) is 0 Å². The molecule has 0 amide bonds. The van der Waals surface area contributed by atoms with E-state index in [2.05, 4.69) is 39.5 Å². The zero-order valence-corrected chi connectivity index (χ0v) is 13.7. The quantitative estimate of drug-likeness (QED) is 0.518. The topological polar surface area (TPSA) is 20.3 Å². The summed E-state index contributed by atoms with van der Waals surface area (Å²) in [7, 11) is 0. The molecule has 0 radical (unpaired) electrons. The van der Waals surface area contributed by atoms with E-state index in [4.69, 9.17) is 0 Å². The fraction of sp³-hybridized carbons (Fsp3) is 0.611. The number of nitrogens with zero attached hydrogens (tertiary/aromatic N) is 1. The number of hydrogen-bond acceptors (Lipinski definition) is 2. The Hall–Kier alpha value is -1.15. The molecule has 0 atom stereocenters. The van der Waals surface area contributed by atoms with Gasteiger partial charge < -0.3 is 0 Å². The summed E-state index contributed by atoms with van der Waals surface area (Å²) in [6, 6.07) is 6.43. The van der Waals surface area contributed by atoms with Gasteiger partial charge in [0.05, 0.1) is 6.54 Å². The summed E-state index contributed by atoms with van der Waals surface area (Å²) in [4.78, 5) is 14.7. The summed E-state index contributed by atoms with van der Waals surface area (Å²) >= 11 is 0. The Morgan fingerprint density at radius 3 is 2.40 bits per heavy atom. The molecule has 2 nitrogen and oxygen atoms in total. The first-order chi connectivity index (χ1) is 9.45. The number of hydrogen-bond donors (Lipinski definition) is 0. The molecule has 1 aromatic carbocycles. The van der Waals surface area contributed by atoms with Gasteiger partial charge in [-0.25, -0.2) is 0 Å². The van der Waals surface area contributed by atoms with Gasteiger partial charge in [0.1, 0.15) is 0 Å². The molecule has 112 valence electrons. The third-order valence-electron chi connectivity index (χ3n) is 3.95. The zero-order valence-electron chi connectivity index (χ0n) is 13.7. The third kappa shape index (κ3) is 5.09. The monoisotopic (exact) mass is 275 g/mol. The molecule has 0 saturated carbocycles. The van der Waals surface area contributed by atoms with E-state index in [0.717, 1.165) is 12.1 Å². The van der Waals surface area contributed by atoms with E-state index >= 15 is 0 Å². The molecule has 0 bridgehead atoms. The minimum atomic E-state index is 0.235. The molecule has 0 aliphatic carbocycles. The van der Waals surface area contributed by atoms with Gasteiger partial charge in [-0.3, -0.25) is 9.69 Å². The van der Waals surface area contributed by atoms with E-state index in [9.17, 15) is 4.79 Å². The minimum absolute atomic E-state index is 0.235. The predicted molar refractivity (Wildman–Crippen MR) is 86.5 cm³/mol. The maximum atomic E-state index is 12.4. The maximum Gasteiger partial charge on any atom is 0.176 e. The molecule has 1 aromatic rings. The molecule has 0 unspecified atom stereocenters. The highest BCUT2D eigenvalue weighted by Crippen LogP contribution is 2.12. The number of rotatable bonds is 8. The van der Waals surface area contributed by atoms with Crippen LogP contribution in [0.1, 0.15) is 61.5 Å². The van der Waals surface area contributed by atoms with Gasteiger partial charge in [-0.2, -0.15) is 0 Å². The van der Waals surface area contributed by atoms with Crippen LogP contribution in [0.15, 0.2) is 18.2 Å². The SMILES string of the molecule is CCCCCN(CC(=O)c1ccc(C)c(C)c1)C(C)C. The normalized spacial score (nSPS) is 11.3. The minimum Gasteiger partial charge on any atom is -0.293 e. The second kappa shape index (κ2) is 8.21. The molecule has 0 aliphatic heterocycles. The Kier molecular flexibility index (Phi) is 6.94. The van der Waals surface area contributed by atoms with Crippen molar-refractivity contribution in [2.75, 3.05) is 13.1 Å². The van der Waals surface area contributed by atoms with Gasteiger partial charge in [0.15, 0.2) is 5.78 Å². The Labute approximate surface area is 124 Å². The summed E-state index contributed by atoms with van der Waals surface area (Å²) < 4.78 is 0. The van der Waals surface area contributed by atoms with E-state index in [1.165, 1.54) is 30.4 Å². The fourth-order valence-corrected chi connectivity index (χ4v) is 2.28. The van der Waals surface area contributed by atoms with Crippen LogP contribution in [0.25, 0.3) is 0 Å². The largest absolute Gasteiger partial charge is 0.293 e. The van der Waals surface area contributed by atoms with Crippen LogP contribution in [0.2, 0.25) is 0 Å². The first-order valence-electron chi connectivity index (χ1n) is 7.80. The van der Waals surface area contributed by atoms with E-state index in [1.807, 2.05) is 18.2 Å². The second-order valence-corrected chi connectivity index (χ2v) is 5.99. The van der Waals surface area contributed by atoms with Crippen molar-refractivity contribution in [2.24, 2.45) is 0 Å². The number of ketones is 1. The van der Waals surface area contributed by atoms with Crippen LogP contribution in [0.5, 0.6) is 0 Å². The van der Waals surface area contributed by atoms with Crippen LogP contribution in [-0.4, -0.2) is 29.8 Å². The number of aryl methyl sites for hydroxylation is 2. The maximum absolute atomic E-state index is 12.4. The highest BCUT2D eigenvalue weighted by molar-refractivity contribution is 5.97. The van der Waals surface area contributed by atoms with Crippen molar-refractivity contribution >= 4 is 5.78 Å². The van der Waals surface area contributed by atoms with Gasteiger partial charge >= 0.3 is 0 Å². The second-order valence-electron chi connectivity index (χ2n) is 5.99. The summed E-state index contributed by atoms with van der Waals surface area (Å²) in [5.74, 6) is 0.235. The highest BCUT2D eigenvalue weighted by Gasteiger charge is 2.15. The van der Waals surface area contributed by atoms with Crippen molar-refractivity contribution in [3.63, 3.8) is 0 Å². The molecular formula is C18H29NO. The molecule has 0 aromatic heterocycles. The fourth-order valence-electron chi connectivity index (χ4n) is 2.28. The van der Waals surface area contributed by atoms with Gasteiger partial charge in [-0.1, -0.05) is 31.9 Å². The first kappa shape index (κ1) is 16.9. The number of carbonyl (C=O) groups excluding carboxylic acids is 1. The first-order valence-corrected chi connectivity index (χ1v) is 7.80. The number of benzene rings is 1. The van der Waals surface area contributed by atoms with Crippen LogP contribution >= 0.6 is 0 Å². The van der Waals surface area contributed by atoms with Crippen LogP contribution in [0, 0.1) is 13.8 Å². The smallest absolute Gasteiger partial charge is 0.176 e. The average Bonchev–Trinajstić information content (AvgIpc) is 2.40. The van der Waals surface area contributed by atoms with Crippen molar-refractivity contribution in [3.8, 4) is 0 Å². The number of Topliss-reactive ketones (excluding diaryl/α,β-unsaturated/α-hetero) is 1. The molecule has 2 heteroatoms. The zero-order chi connectivity index (χ0) is 15.1. The summed E-state index contributed by atoms with van der Waals surface area (Å²) in [5, 5.41) is 0. The van der Waals surface area contributed by atoms with Gasteiger partial charge in [-0.05, 0) is 57.9 Å². The van der Waals surface area contributed by atoms with E-state index in [1.54, 1.807) is 0 Å². The predicted octanol–water partition coefficient (Wildman–Crippen LogP) is 4.39. The Balaban J connectivity index is 2.67. The lowest BCUT2D eigenvalue weighted by Gasteiger charge is -2.25. The van der Waals surface area contributed by atoms with Gasteiger partial charge in [0.2, 0.25) is 0 Å². The lowest BCUT2D eigenvalue weighted by molar-refractivity contribution is 0.0903. The molecule has 20 heavy (non-hydrogen) atoms. The van der Waals surface area contributed by atoms with Gasteiger partial charge in [0, 0.05) is 11.6 Å². The molecule has 0 spiro atoms. The molecule has 1 rings (SSSR count). The van der Waals surface area contributed by atoms with Crippen molar-refractivity contribution in [2.45, 2.75) is 59.9 Å². The van der Waals surface area contributed by atoms with Crippen molar-refractivity contribution in [1.82, 2.24) is 4.90 Å². The third-order valence-corrected chi connectivity index (χ3v) is 3.95. The summed E-state index contributed by atoms with van der Waals surface area (Å²) in [6.07, 6.45) is 3.63. The highest BCUT2D eigenvalue weighted by atomic mass is 16.1. The van der Waals surface area contributed by atoms with Crippen molar-refractivity contribution in [1.29, 1.82) is 0 Å². The average molecular weight is 275 g/mol. The molecule has 0 saturated heterocycles. The van der Waals surface area contributed by atoms with Crippen molar-refractivity contribution < 1.29 is 4.79 Å². The van der Waals surface area contributed by atoms with E-state index < -0.39 is 0 Å². The Bertz CT molecular complexity index is 437.